The number of methoxy groups -OCH3 is 1. The molecule has 0 radical (unpaired) electrons. The molecule has 16 heavy (non-hydrogen) atoms. The van der Waals surface area contributed by atoms with Gasteiger partial charge in [0.1, 0.15) is 0 Å². The van der Waals surface area contributed by atoms with E-state index in [2.05, 4.69) is 10.2 Å². The van der Waals surface area contributed by atoms with Gasteiger partial charge in [-0.05, 0) is 19.3 Å². The molecule has 0 aromatic heterocycles. The Morgan fingerprint density at radius 2 is 2.31 bits per heavy atom. The van der Waals surface area contributed by atoms with Crippen molar-refractivity contribution in [2.45, 2.75) is 31.3 Å². The minimum absolute atomic E-state index is 0.561. The normalized spacial score (nSPS) is 27.2. The summed E-state index contributed by atoms with van der Waals surface area (Å²) in [6, 6.07) is 1.36. The number of hydrogen-bond donors (Lipinski definition) is 1. The van der Waals surface area contributed by atoms with Gasteiger partial charge in [-0.1, -0.05) is 0 Å². The summed E-state index contributed by atoms with van der Waals surface area (Å²) < 4.78 is 10.7. The van der Waals surface area contributed by atoms with E-state index in [1.54, 1.807) is 7.11 Å². The van der Waals surface area contributed by atoms with Gasteiger partial charge in [0.25, 0.3) is 0 Å². The molecule has 1 atom stereocenters. The van der Waals surface area contributed by atoms with Crippen molar-refractivity contribution in [3.63, 3.8) is 0 Å². The first-order valence-corrected chi connectivity index (χ1v) is 6.44. The highest BCUT2D eigenvalue weighted by Crippen LogP contribution is 2.19. The second kappa shape index (κ2) is 6.55. The first kappa shape index (κ1) is 12.3. The Kier molecular flexibility index (Phi) is 5.03. The summed E-state index contributed by atoms with van der Waals surface area (Å²) in [7, 11) is 1.77. The Morgan fingerprint density at radius 3 is 3.06 bits per heavy atom. The molecule has 0 amide bonds. The highest BCUT2D eigenvalue weighted by Gasteiger charge is 2.26. The highest BCUT2D eigenvalue weighted by atomic mass is 16.5. The van der Waals surface area contributed by atoms with Crippen LogP contribution in [0.25, 0.3) is 0 Å². The number of hydrogen-bond acceptors (Lipinski definition) is 4. The lowest BCUT2D eigenvalue weighted by Gasteiger charge is -2.35. The quantitative estimate of drug-likeness (QED) is 0.643. The molecule has 1 aliphatic carbocycles. The molecule has 0 bridgehead atoms. The predicted molar refractivity (Wildman–Crippen MR) is 63.7 cm³/mol. The molecule has 4 heteroatoms. The minimum Gasteiger partial charge on any atom is -0.385 e. The Hall–Kier alpha value is -0.160. The van der Waals surface area contributed by atoms with Crippen LogP contribution >= 0.6 is 0 Å². The lowest BCUT2D eigenvalue weighted by atomic mass is 10.2. The van der Waals surface area contributed by atoms with Crippen LogP contribution in [0.4, 0.5) is 0 Å². The maximum absolute atomic E-state index is 5.56. The molecule has 1 heterocycles. The third kappa shape index (κ3) is 4.01. The molecule has 94 valence electrons. The minimum atomic E-state index is 0.561. The van der Waals surface area contributed by atoms with Gasteiger partial charge in [0, 0.05) is 45.4 Å². The van der Waals surface area contributed by atoms with Gasteiger partial charge in [0.05, 0.1) is 13.2 Å². The van der Waals surface area contributed by atoms with Crippen molar-refractivity contribution in [3.8, 4) is 0 Å². The van der Waals surface area contributed by atoms with E-state index in [9.17, 15) is 0 Å². The maximum atomic E-state index is 5.56. The van der Waals surface area contributed by atoms with E-state index >= 15 is 0 Å². The number of nitrogens with one attached hydrogen (secondary N) is 1. The third-order valence-electron chi connectivity index (χ3n) is 3.36. The van der Waals surface area contributed by atoms with Crippen LogP contribution in [0.5, 0.6) is 0 Å². The average Bonchev–Trinajstić information content (AvgIpc) is 3.12. The van der Waals surface area contributed by atoms with Gasteiger partial charge in [0.2, 0.25) is 0 Å². The highest BCUT2D eigenvalue weighted by molar-refractivity contribution is 4.85. The molecule has 1 unspecified atom stereocenters. The predicted octanol–water partition coefficient (Wildman–Crippen LogP) is 0.476. The molecule has 0 spiro atoms. The molecule has 2 fully saturated rings. The fraction of sp³-hybridized carbons (Fsp3) is 1.00. The van der Waals surface area contributed by atoms with Gasteiger partial charge >= 0.3 is 0 Å². The van der Waals surface area contributed by atoms with Gasteiger partial charge in [-0.3, -0.25) is 4.90 Å². The van der Waals surface area contributed by atoms with E-state index in [-0.39, 0.29) is 0 Å². The van der Waals surface area contributed by atoms with E-state index < -0.39 is 0 Å². The fourth-order valence-electron chi connectivity index (χ4n) is 2.17. The van der Waals surface area contributed by atoms with E-state index in [4.69, 9.17) is 9.47 Å². The first-order valence-electron chi connectivity index (χ1n) is 6.44. The number of rotatable bonds is 7. The van der Waals surface area contributed by atoms with Gasteiger partial charge < -0.3 is 14.8 Å². The van der Waals surface area contributed by atoms with Crippen molar-refractivity contribution in [2.24, 2.45) is 0 Å². The Balaban J connectivity index is 1.67. The molecular weight excluding hydrogens is 204 g/mol. The van der Waals surface area contributed by atoms with Gasteiger partial charge in [0.15, 0.2) is 0 Å². The van der Waals surface area contributed by atoms with Crippen LogP contribution < -0.4 is 5.32 Å². The lowest BCUT2D eigenvalue weighted by molar-refractivity contribution is -0.00975. The van der Waals surface area contributed by atoms with E-state index in [1.807, 2.05) is 0 Å². The van der Waals surface area contributed by atoms with Crippen LogP contribution in [0.2, 0.25) is 0 Å². The largest absolute Gasteiger partial charge is 0.385 e. The standard InChI is InChI=1S/C12H24N2O2/c1-15-7-2-5-14-6-8-16-10-12(14)9-13-11-3-4-11/h11-13H,2-10H2,1H3. The summed E-state index contributed by atoms with van der Waals surface area (Å²) in [6.07, 6.45) is 3.84. The molecule has 2 aliphatic rings. The molecule has 1 aliphatic heterocycles. The second-order valence-corrected chi connectivity index (χ2v) is 4.79. The zero-order valence-corrected chi connectivity index (χ0v) is 10.3. The van der Waals surface area contributed by atoms with Crippen LogP contribution in [-0.4, -0.2) is 63.5 Å². The van der Waals surface area contributed by atoms with Crippen LogP contribution in [0.15, 0.2) is 0 Å². The number of ether oxygens (including phenoxy) is 2. The van der Waals surface area contributed by atoms with Crippen molar-refractivity contribution in [2.75, 3.05) is 46.6 Å². The van der Waals surface area contributed by atoms with Crippen LogP contribution in [-0.2, 0) is 9.47 Å². The Labute approximate surface area is 98.3 Å². The van der Waals surface area contributed by atoms with E-state index in [0.717, 1.165) is 51.9 Å². The zero-order chi connectivity index (χ0) is 11.2. The molecular formula is C12H24N2O2. The summed E-state index contributed by atoms with van der Waals surface area (Å²) in [4.78, 5) is 2.54. The van der Waals surface area contributed by atoms with Crippen molar-refractivity contribution in [3.05, 3.63) is 0 Å². The average molecular weight is 228 g/mol. The van der Waals surface area contributed by atoms with Gasteiger partial charge in [-0.25, -0.2) is 0 Å². The lowest BCUT2D eigenvalue weighted by Crippen LogP contribution is -2.51. The van der Waals surface area contributed by atoms with Crippen molar-refractivity contribution in [1.82, 2.24) is 10.2 Å². The number of morpholine rings is 1. The topological polar surface area (TPSA) is 33.7 Å². The molecule has 2 rings (SSSR count). The summed E-state index contributed by atoms with van der Waals surface area (Å²) in [6.45, 7) is 5.91. The van der Waals surface area contributed by atoms with Crippen LogP contribution in [0.3, 0.4) is 0 Å². The SMILES string of the molecule is COCCCN1CCOCC1CNC1CC1. The summed E-state index contributed by atoms with van der Waals surface area (Å²) in [5, 5.41) is 3.59. The smallest absolute Gasteiger partial charge is 0.0634 e. The summed E-state index contributed by atoms with van der Waals surface area (Å²) in [5.74, 6) is 0. The summed E-state index contributed by atoms with van der Waals surface area (Å²) >= 11 is 0. The third-order valence-corrected chi connectivity index (χ3v) is 3.36. The zero-order valence-electron chi connectivity index (χ0n) is 10.3. The van der Waals surface area contributed by atoms with Crippen molar-refractivity contribution in [1.29, 1.82) is 0 Å². The Bertz CT molecular complexity index is 197. The first-order chi connectivity index (χ1) is 7.90. The molecule has 1 N–H and O–H groups in total. The fourth-order valence-corrected chi connectivity index (χ4v) is 2.17. The molecule has 4 nitrogen and oxygen atoms in total. The second-order valence-electron chi connectivity index (χ2n) is 4.79. The van der Waals surface area contributed by atoms with Crippen molar-refractivity contribution < 1.29 is 9.47 Å². The molecule has 0 aromatic carbocycles. The Morgan fingerprint density at radius 1 is 1.44 bits per heavy atom. The molecule has 0 aromatic rings. The van der Waals surface area contributed by atoms with E-state index in [1.165, 1.54) is 12.8 Å². The summed E-state index contributed by atoms with van der Waals surface area (Å²) in [5.41, 5.74) is 0. The van der Waals surface area contributed by atoms with Crippen molar-refractivity contribution >= 4 is 0 Å². The van der Waals surface area contributed by atoms with Crippen LogP contribution in [0.1, 0.15) is 19.3 Å². The molecule has 1 saturated carbocycles. The maximum Gasteiger partial charge on any atom is 0.0634 e. The molecule has 1 saturated heterocycles. The van der Waals surface area contributed by atoms with Gasteiger partial charge in [-0.2, -0.15) is 0 Å². The van der Waals surface area contributed by atoms with E-state index in [0.29, 0.717) is 6.04 Å². The van der Waals surface area contributed by atoms with Crippen LogP contribution in [0, 0.1) is 0 Å². The number of nitrogens with zero attached hydrogens (tertiary/aromatic N) is 1. The van der Waals surface area contributed by atoms with Gasteiger partial charge in [-0.15, -0.1) is 0 Å². The monoisotopic (exact) mass is 228 g/mol.